The number of alkyl halides is 2. The summed E-state index contributed by atoms with van der Waals surface area (Å²) < 4.78 is 28.6. The van der Waals surface area contributed by atoms with Gasteiger partial charge in [-0.1, -0.05) is 0 Å². The van der Waals surface area contributed by atoms with Gasteiger partial charge in [0.05, 0.1) is 27.8 Å². The number of nitro groups is 1. The summed E-state index contributed by atoms with van der Waals surface area (Å²) in [7, 11) is 0. The Morgan fingerprint density at radius 1 is 1.36 bits per heavy atom. The Morgan fingerprint density at radius 2 is 2.14 bits per heavy atom. The molecule has 2 rings (SSSR count). The first kappa shape index (κ1) is 16.0. The van der Waals surface area contributed by atoms with Gasteiger partial charge in [-0.25, -0.2) is 0 Å². The normalized spacial score (nSPS) is 10.5. The minimum atomic E-state index is -2.92. The summed E-state index contributed by atoms with van der Waals surface area (Å²) >= 11 is 3.17. The van der Waals surface area contributed by atoms with E-state index >= 15 is 0 Å². The number of pyridine rings is 2. The molecule has 10 heteroatoms. The summed E-state index contributed by atoms with van der Waals surface area (Å²) in [6.45, 7) is -2.75. The minimum Gasteiger partial charge on any atom is -0.433 e. The van der Waals surface area contributed by atoms with Gasteiger partial charge < -0.3 is 10.1 Å². The SMILES string of the molecule is O=[N+]([O-])c1cncc(Br)c1NCc1ccc(OC(F)F)cn1. The molecule has 0 spiro atoms. The monoisotopic (exact) mass is 374 g/mol. The summed E-state index contributed by atoms with van der Waals surface area (Å²) in [5.41, 5.74) is 0.571. The van der Waals surface area contributed by atoms with Gasteiger partial charge in [-0.3, -0.25) is 20.1 Å². The molecule has 2 heterocycles. The van der Waals surface area contributed by atoms with Gasteiger partial charge in [0.2, 0.25) is 0 Å². The van der Waals surface area contributed by atoms with Crippen LogP contribution in [-0.4, -0.2) is 21.5 Å². The van der Waals surface area contributed by atoms with Crippen LogP contribution in [0.1, 0.15) is 5.69 Å². The highest BCUT2D eigenvalue weighted by molar-refractivity contribution is 9.10. The van der Waals surface area contributed by atoms with E-state index < -0.39 is 11.5 Å². The maximum atomic E-state index is 12.0. The zero-order chi connectivity index (χ0) is 16.1. The Kier molecular flexibility index (Phi) is 5.15. The Labute approximate surface area is 131 Å². The van der Waals surface area contributed by atoms with Gasteiger partial charge in [-0.15, -0.1) is 0 Å². The summed E-state index contributed by atoms with van der Waals surface area (Å²) in [4.78, 5) is 18.0. The average Bonchev–Trinajstić information content (AvgIpc) is 2.46. The molecule has 116 valence electrons. The topological polar surface area (TPSA) is 90.2 Å². The lowest BCUT2D eigenvalue weighted by Gasteiger charge is -2.09. The van der Waals surface area contributed by atoms with Crippen molar-refractivity contribution in [2.45, 2.75) is 13.2 Å². The highest BCUT2D eigenvalue weighted by Crippen LogP contribution is 2.31. The van der Waals surface area contributed by atoms with Crippen molar-refractivity contribution in [3.05, 3.63) is 51.0 Å². The number of hydrogen-bond donors (Lipinski definition) is 1. The van der Waals surface area contributed by atoms with Crippen molar-refractivity contribution < 1.29 is 18.4 Å². The van der Waals surface area contributed by atoms with E-state index in [2.05, 4.69) is 36.0 Å². The van der Waals surface area contributed by atoms with Crippen LogP contribution in [0.3, 0.4) is 0 Å². The number of nitrogens with one attached hydrogen (secondary N) is 1. The van der Waals surface area contributed by atoms with Crippen LogP contribution in [0.15, 0.2) is 35.2 Å². The molecule has 0 radical (unpaired) electrons. The molecule has 0 saturated heterocycles. The Hall–Kier alpha value is -2.36. The molecule has 0 aromatic carbocycles. The standard InChI is InChI=1S/C12H9BrF2N4O3/c13-9-5-16-6-10(19(20)21)11(9)18-3-7-1-2-8(4-17-7)22-12(14)15/h1-2,4-6,12H,3H2,(H,16,18). The summed E-state index contributed by atoms with van der Waals surface area (Å²) in [5, 5.41) is 13.8. The lowest BCUT2D eigenvalue weighted by atomic mass is 10.3. The molecule has 0 amide bonds. The lowest BCUT2D eigenvalue weighted by Crippen LogP contribution is -2.06. The molecule has 0 unspecified atom stereocenters. The smallest absolute Gasteiger partial charge is 0.387 e. The van der Waals surface area contributed by atoms with Gasteiger partial charge in [-0.05, 0) is 28.1 Å². The maximum absolute atomic E-state index is 12.0. The van der Waals surface area contributed by atoms with Crippen LogP contribution >= 0.6 is 15.9 Å². The summed E-state index contributed by atoms with van der Waals surface area (Å²) in [5.74, 6) is -0.0603. The van der Waals surface area contributed by atoms with E-state index in [1.165, 1.54) is 18.3 Å². The first-order valence-electron chi connectivity index (χ1n) is 5.89. The van der Waals surface area contributed by atoms with Crippen molar-refractivity contribution >= 4 is 27.3 Å². The quantitative estimate of drug-likeness (QED) is 0.615. The second-order valence-electron chi connectivity index (χ2n) is 3.99. The molecular weight excluding hydrogens is 366 g/mol. The molecule has 22 heavy (non-hydrogen) atoms. The van der Waals surface area contributed by atoms with Gasteiger partial charge in [-0.2, -0.15) is 8.78 Å². The molecule has 0 atom stereocenters. The fourth-order valence-corrected chi connectivity index (χ4v) is 2.07. The Balaban J connectivity index is 2.09. The van der Waals surface area contributed by atoms with Crippen LogP contribution in [0.2, 0.25) is 0 Å². The molecule has 2 aromatic heterocycles. The van der Waals surface area contributed by atoms with Crippen molar-refractivity contribution in [3.63, 3.8) is 0 Å². The molecule has 0 aliphatic carbocycles. The second kappa shape index (κ2) is 7.07. The van der Waals surface area contributed by atoms with Crippen molar-refractivity contribution in [2.75, 3.05) is 5.32 Å². The Morgan fingerprint density at radius 3 is 2.73 bits per heavy atom. The van der Waals surface area contributed by atoms with Crippen molar-refractivity contribution in [1.82, 2.24) is 9.97 Å². The van der Waals surface area contributed by atoms with Crippen molar-refractivity contribution in [2.24, 2.45) is 0 Å². The molecular formula is C12H9BrF2N4O3. The van der Waals surface area contributed by atoms with Gasteiger partial charge in [0.15, 0.2) is 0 Å². The van der Waals surface area contributed by atoms with E-state index in [4.69, 9.17) is 0 Å². The summed E-state index contributed by atoms with van der Waals surface area (Å²) in [6.07, 6.45) is 3.70. The first-order chi connectivity index (χ1) is 10.5. The van der Waals surface area contributed by atoms with Crippen LogP contribution < -0.4 is 10.1 Å². The zero-order valence-corrected chi connectivity index (χ0v) is 12.5. The molecule has 7 nitrogen and oxygen atoms in total. The fraction of sp³-hybridized carbons (Fsp3) is 0.167. The number of anilines is 1. The molecule has 0 aliphatic heterocycles. The lowest BCUT2D eigenvalue weighted by molar-refractivity contribution is -0.384. The van der Waals surface area contributed by atoms with E-state index in [1.807, 2.05) is 0 Å². The largest absolute Gasteiger partial charge is 0.433 e. The van der Waals surface area contributed by atoms with E-state index in [-0.39, 0.29) is 23.7 Å². The third-order valence-electron chi connectivity index (χ3n) is 2.55. The number of aromatic nitrogens is 2. The molecule has 0 fully saturated rings. The van der Waals surface area contributed by atoms with Gasteiger partial charge in [0.1, 0.15) is 17.6 Å². The second-order valence-corrected chi connectivity index (χ2v) is 4.84. The number of nitrogens with zero attached hydrogens (tertiary/aromatic N) is 3. The highest BCUT2D eigenvalue weighted by atomic mass is 79.9. The fourth-order valence-electron chi connectivity index (χ4n) is 1.61. The van der Waals surface area contributed by atoms with Gasteiger partial charge in [0, 0.05) is 6.20 Å². The van der Waals surface area contributed by atoms with Crippen LogP contribution in [-0.2, 0) is 6.54 Å². The zero-order valence-electron chi connectivity index (χ0n) is 10.9. The van der Waals surface area contributed by atoms with Crippen molar-refractivity contribution in [3.8, 4) is 5.75 Å². The molecule has 2 aromatic rings. The Bertz CT molecular complexity index is 670. The van der Waals surface area contributed by atoms with E-state index in [0.717, 1.165) is 12.4 Å². The minimum absolute atomic E-state index is 0.0603. The average molecular weight is 375 g/mol. The van der Waals surface area contributed by atoms with Crippen LogP contribution in [0.5, 0.6) is 5.75 Å². The van der Waals surface area contributed by atoms with Gasteiger partial charge >= 0.3 is 12.3 Å². The predicted molar refractivity (Wildman–Crippen MR) is 76.8 cm³/mol. The number of halogens is 3. The molecule has 1 N–H and O–H groups in total. The third kappa shape index (κ3) is 4.07. The molecule has 0 bridgehead atoms. The van der Waals surface area contributed by atoms with E-state index in [0.29, 0.717) is 10.2 Å². The molecule has 0 saturated carbocycles. The highest BCUT2D eigenvalue weighted by Gasteiger charge is 2.17. The van der Waals surface area contributed by atoms with Crippen LogP contribution in [0.4, 0.5) is 20.2 Å². The number of ether oxygens (including phenoxy) is 1. The first-order valence-corrected chi connectivity index (χ1v) is 6.68. The van der Waals surface area contributed by atoms with Crippen LogP contribution in [0.25, 0.3) is 0 Å². The van der Waals surface area contributed by atoms with Crippen LogP contribution in [0, 0.1) is 10.1 Å². The predicted octanol–water partition coefficient (Wildman–Crippen LogP) is 3.36. The van der Waals surface area contributed by atoms with Crippen molar-refractivity contribution in [1.29, 1.82) is 0 Å². The van der Waals surface area contributed by atoms with Gasteiger partial charge in [0.25, 0.3) is 0 Å². The number of hydrogen-bond acceptors (Lipinski definition) is 6. The third-order valence-corrected chi connectivity index (χ3v) is 3.15. The summed E-state index contributed by atoms with van der Waals surface area (Å²) in [6, 6.07) is 2.82. The van der Waals surface area contributed by atoms with E-state index in [1.54, 1.807) is 0 Å². The number of rotatable bonds is 6. The van der Waals surface area contributed by atoms with E-state index in [9.17, 15) is 18.9 Å². The maximum Gasteiger partial charge on any atom is 0.387 e. The molecule has 0 aliphatic rings.